The van der Waals surface area contributed by atoms with E-state index in [1.54, 1.807) is 24.3 Å². The molecule has 2 aromatic carbocycles. The molecule has 0 radical (unpaired) electrons. The maximum absolute atomic E-state index is 13.6. The van der Waals surface area contributed by atoms with Crippen LogP contribution < -0.4 is 21.5 Å². The molecule has 152 valence electrons. The molecule has 0 atom stereocenters. The van der Waals surface area contributed by atoms with Gasteiger partial charge < -0.3 is 21.5 Å². The number of benzene rings is 2. The molecule has 0 saturated carbocycles. The molecule has 1 heterocycles. The molecule has 9 nitrogen and oxygen atoms in total. The van der Waals surface area contributed by atoms with E-state index in [1.807, 2.05) is 6.92 Å². The third kappa shape index (κ3) is 4.20. The number of hydrogen-bond acceptors (Lipinski definition) is 4. The molecule has 0 bridgehead atoms. The van der Waals surface area contributed by atoms with Crippen LogP contribution in [-0.4, -0.2) is 28.4 Å². The average Bonchev–Trinajstić information content (AvgIpc) is 3.10. The Labute approximate surface area is 170 Å². The molecule has 3 rings (SSSR count). The van der Waals surface area contributed by atoms with Gasteiger partial charge in [0.25, 0.3) is 5.91 Å². The molecule has 0 aliphatic rings. The summed E-state index contributed by atoms with van der Waals surface area (Å²) < 4.78 is 20.4. The summed E-state index contributed by atoms with van der Waals surface area (Å²) in [6.45, 7) is 8.47. The number of amides is 3. The smallest absolute Gasteiger partial charge is 0.357 e. The van der Waals surface area contributed by atoms with E-state index in [0.717, 1.165) is 11.1 Å². The van der Waals surface area contributed by atoms with Crippen molar-refractivity contribution in [2.75, 3.05) is 12.0 Å². The molecule has 0 fully saturated rings. The number of nitrogens with two attached hydrogens (primary N) is 2. The molecule has 5 N–H and O–H groups in total. The normalized spacial score (nSPS) is 10.3. The van der Waals surface area contributed by atoms with Crippen molar-refractivity contribution in [3.63, 3.8) is 0 Å². The van der Waals surface area contributed by atoms with Gasteiger partial charge in [-0.2, -0.15) is 5.10 Å². The molecule has 0 aliphatic heterocycles. The van der Waals surface area contributed by atoms with Crippen LogP contribution in [0.4, 0.5) is 14.9 Å². The van der Waals surface area contributed by atoms with Gasteiger partial charge in [-0.3, -0.25) is 9.64 Å². The number of hydrogen-bond donors (Lipinski definition) is 3. The molecule has 3 aromatic rings. The third-order valence-corrected chi connectivity index (χ3v) is 4.20. The van der Waals surface area contributed by atoms with E-state index in [-0.39, 0.29) is 23.9 Å². The second-order valence-corrected chi connectivity index (χ2v) is 6.26. The lowest BCUT2D eigenvalue weighted by molar-refractivity contribution is 0.0996. The molecule has 0 unspecified atom stereocenters. The van der Waals surface area contributed by atoms with Gasteiger partial charge in [-0.15, -0.1) is 0 Å². The fraction of sp³-hybridized carbons (Fsp3) is 0.100. The summed E-state index contributed by atoms with van der Waals surface area (Å²) in [5.74, 6) is -1.04. The summed E-state index contributed by atoms with van der Waals surface area (Å²) in [4.78, 5) is 25.9. The van der Waals surface area contributed by atoms with Crippen molar-refractivity contribution in [3.05, 3.63) is 71.1 Å². The van der Waals surface area contributed by atoms with Crippen molar-refractivity contribution in [1.29, 1.82) is 0 Å². The summed E-state index contributed by atoms with van der Waals surface area (Å²) >= 11 is 0. The van der Waals surface area contributed by atoms with Crippen LogP contribution in [0.2, 0.25) is 0 Å². The van der Waals surface area contributed by atoms with Crippen LogP contribution in [-0.2, 0) is 0 Å². The monoisotopic (exact) mass is 408 g/mol. The number of carbonyl (C=O) groups is 2. The quantitative estimate of drug-likeness (QED) is 0.542. The second-order valence-electron chi connectivity index (χ2n) is 6.26. The van der Waals surface area contributed by atoms with Crippen LogP contribution in [0.1, 0.15) is 16.1 Å². The maximum Gasteiger partial charge on any atom is 0.357 e. The van der Waals surface area contributed by atoms with E-state index in [4.69, 9.17) is 22.8 Å². The number of carbonyl (C=O) groups excluding carboxylic acids is 2. The zero-order valence-electron chi connectivity index (χ0n) is 15.8. The molecule has 0 saturated heterocycles. The molecule has 10 heteroatoms. The fourth-order valence-electron chi connectivity index (χ4n) is 2.94. The highest BCUT2D eigenvalue weighted by atomic mass is 19.1. The van der Waals surface area contributed by atoms with Crippen LogP contribution >= 0.6 is 0 Å². The minimum Gasteiger partial charge on any atom is -0.425 e. The van der Waals surface area contributed by atoms with Gasteiger partial charge in [0.15, 0.2) is 5.69 Å². The first kappa shape index (κ1) is 20.3. The Balaban J connectivity index is 2.02. The minimum atomic E-state index is -0.855. The van der Waals surface area contributed by atoms with E-state index >= 15 is 0 Å². The molecule has 0 aliphatic carbocycles. The van der Waals surface area contributed by atoms with E-state index in [2.05, 4.69) is 15.3 Å². The summed E-state index contributed by atoms with van der Waals surface area (Å²) in [7, 11) is 0. The number of nitrogens with one attached hydrogen (secondary N) is 1. The molecular weight excluding hydrogens is 391 g/mol. The van der Waals surface area contributed by atoms with Crippen molar-refractivity contribution in [2.24, 2.45) is 11.5 Å². The standard InChI is InChI=1S/C20H17FN6O3/c1-11-7-13(27-9-16(25-20(23)29)18(26-27)19(22)28)4-6-14(11)15-5-3-12(21)8-17(15)30-10-24-2/h3-9H,10H2,1H3,(H2,22,28)(H3,23,25,29). The first-order chi connectivity index (χ1) is 14.3. The number of ether oxygens (including phenoxy) is 1. The number of nitrogens with zero attached hydrogens (tertiary/aromatic N) is 3. The SMILES string of the molecule is [C-]#[N+]COc1cc(F)ccc1-c1ccc(-n2cc(NC(N)=O)c(C(N)=O)n2)cc1C. The first-order valence-corrected chi connectivity index (χ1v) is 8.63. The van der Waals surface area contributed by atoms with Crippen LogP contribution in [0.5, 0.6) is 5.75 Å². The Bertz CT molecular complexity index is 1180. The van der Waals surface area contributed by atoms with Crippen molar-refractivity contribution < 1.29 is 18.7 Å². The van der Waals surface area contributed by atoms with Gasteiger partial charge in [-0.25, -0.2) is 20.4 Å². The Kier molecular flexibility index (Phi) is 5.64. The van der Waals surface area contributed by atoms with Gasteiger partial charge >= 0.3 is 12.8 Å². The van der Waals surface area contributed by atoms with Gasteiger partial charge in [0, 0.05) is 11.6 Å². The lowest BCUT2D eigenvalue weighted by atomic mass is 9.99. The van der Waals surface area contributed by atoms with Crippen LogP contribution in [0.25, 0.3) is 21.7 Å². The van der Waals surface area contributed by atoms with Crippen LogP contribution in [0, 0.1) is 19.3 Å². The number of urea groups is 1. The van der Waals surface area contributed by atoms with Gasteiger partial charge in [0.2, 0.25) is 0 Å². The average molecular weight is 408 g/mol. The largest absolute Gasteiger partial charge is 0.425 e. The lowest BCUT2D eigenvalue weighted by Gasteiger charge is -2.12. The molecular formula is C20H17FN6O3. The van der Waals surface area contributed by atoms with Gasteiger partial charge in [-0.05, 0) is 42.3 Å². The van der Waals surface area contributed by atoms with Crippen molar-refractivity contribution >= 4 is 17.6 Å². The van der Waals surface area contributed by atoms with Crippen molar-refractivity contribution in [2.45, 2.75) is 6.92 Å². The Morgan fingerprint density at radius 2 is 1.97 bits per heavy atom. The van der Waals surface area contributed by atoms with Gasteiger partial charge in [0.1, 0.15) is 11.6 Å². The summed E-state index contributed by atoms with van der Waals surface area (Å²) in [5, 5.41) is 6.42. The van der Waals surface area contributed by atoms with Crippen LogP contribution in [0.3, 0.4) is 0 Å². The molecule has 30 heavy (non-hydrogen) atoms. The lowest BCUT2D eigenvalue weighted by Crippen LogP contribution is -2.22. The van der Waals surface area contributed by atoms with Crippen molar-refractivity contribution in [3.8, 4) is 22.6 Å². The highest BCUT2D eigenvalue weighted by Crippen LogP contribution is 2.34. The van der Waals surface area contributed by atoms with E-state index in [1.165, 1.54) is 23.0 Å². The van der Waals surface area contributed by atoms with E-state index in [0.29, 0.717) is 11.3 Å². The minimum absolute atomic E-state index is 0.0881. The highest BCUT2D eigenvalue weighted by Gasteiger charge is 2.17. The molecule has 1 aromatic heterocycles. The van der Waals surface area contributed by atoms with Crippen LogP contribution in [0.15, 0.2) is 42.6 Å². The maximum atomic E-state index is 13.6. The third-order valence-electron chi connectivity index (χ3n) is 4.20. The Morgan fingerprint density at radius 3 is 2.60 bits per heavy atom. The Hall–Kier alpha value is -4.39. The van der Waals surface area contributed by atoms with E-state index < -0.39 is 17.8 Å². The second kappa shape index (κ2) is 8.32. The number of anilines is 1. The summed E-state index contributed by atoms with van der Waals surface area (Å²) in [6, 6.07) is 8.52. The van der Waals surface area contributed by atoms with E-state index in [9.17, 15) is 14.0 Å². The first-order valence-electron chi connectivity index (χ1n) is 8.63. The summed E-state index contributed by atoms with van der Waals surface area (Å²) in [6.07, 6.45) is 1.42. The van der Waals surface area contributed by atoms with Gasteiger partial charge in [-0.1, -0.05) is 6.07 Å². The number of rotatable bonds is 6. The predicted molar refractivity (Wildman–Crippen MR) is 108 cm³/mol. The number of halogens is 1. The number of aromatic nitrogens is 2. The fourth-order valence-corrected chi connectivity index (χ4v) is 2.94. The topological polar surface area (TPSA) is 130 Å². The number of primary amides is 2. The molecule has 0 spiro atoms. The Morgan fingerprint density at radius 1 is 1.23 bits per heavy atom. The zero-order chi connectivity index (χ0) is 21.8. The predicted octanol–water partition coefficient (Wildman–Crippen LogP) is 2.83. The zero-order valence-corrected chi connectivity index (χ0v) is 15.8. The highest BCUT2D eigenvalue weighted by molar-refractivity contribution is 6.00. The van der Waals surface area contributed by atoms with Gasteiger partial charge in [0.05, 0.1) is 17.6 Å². The molecule has 3 amide bonds. The van der Waals surface area contributed by atoms with Crippen molar-refractivity contribution in [1.82, 2.24) is 9.78 Å². The number of aryl methyl sites for hydroxylation is 1. The summed E-state index contributed by atoms with van der Waals surface area (Å²) in [5.41, 5.74) is 13.1.